The third-order valence-corrected chi connectivity index (χ3v) is 2.83. The number of ether oxygens (including phenoxy) is 1. The number of aliphatic hydroxyl groups is 1. The van der Waals surface area contributed by atoms with Crippen molar-refractivity contribution in [3.63, 3.8) is 0 Å². The molecule has 22 heavy (non-hydrogen) atoms. The zero-order valence-electron chi connectivity index (χ0n) is 11.3. The molecule has 1 heterocycles. The Bertz CT molecular complexity index is 709. The molecule has 0 aliphatic carbocycles. The first-order chi connectivity index (χ1) is 10.4. The van der Waals surface area contributed by atoms with Gasteiger partial charge in [-0.05, 0) is 30.2 Å². The van der Waals surface area contributed by atoms with E-state index in [-0.39, 0.29) is 23.7 Å². The van der Waals surface area contributed by atoms with Crippen molar-refractivity contribution < 1.29 is 23.0 Å². The van der Waals surface area contributed by atoms with Gasteiger partial charge < -0.3 is 9.84 Å². The summed E-state index contributed by atoms with van der Waals surface area (Å²) in [4.78, 5) is 3.49. The smallest absolute Gasteiger partial charge is 0.418 e. The van der Waals surface area contributed by atoms with E-state index in [2.05, 4.69) is 4.98 Å². The van der Waals surface area contributed by atoms with Gasteiger partial charge in [-0.2, -0.15) is 18.4 Å². The van der Waals surface area contributed by atoms with Crippen molar-refractivity contribution in [3.8, 4) is 17.6 Å². The summed E-state index contributed by atoms with van der Waals surface area (Å²) in [5, 5.41) is 18.0. The first-order valence-corrected chi connectivity index (χ1v) is 6.28. The highest BCUT2D eigenvalue weighted by molar-refractivity contribution is 5.47. The summed E-state index contributed by atoms with van der Waals surface area (Å²) in [6.45, 7) is -0.0668. The van der Waals surface area contributed by atoms with Crippen molar-refractivity contribution in [1.29, 1.82) is 5.26 Å². The number of aliphatic hydroxyl groups excluding tert-OH is 1. The van der Waals surface area contributed by atoms with Crippen LogP contribution < -0.4 is 4.74 Å². The SMILES string of the molecule is N#Cc1cc(CCO)ccc1Oc1cncc(C(F)(F)F)c1. The lowest BCUT2D eigenvalue weighted by Crippen LogP contribution is -2.05. The fraction of sp³-hybridized carbons (Fsp3) is 0.200. The molecule has 0 aliphatic rings. The van der Waals surface area contributed by atoms with Crippen LogP contribution in [-0.2, 0) is 12.6 Å². The van der Waals surface area contributed by atoms with Crippen LogP contribution in [0.1, 0.15) is 16.7 Å². The van der Waals surface area contributed by atoms with Gasteiger partial charge in [0.2, 0.25) is 0 Å². The Morgan fingerprint density at radius 2 is 2.00 bits per heavy atom. The number of nitrogens with zero attached hydrogens (tertiary/aromatic N) is 2. The average molecular weight is 308 g/mol. The maximum atomic E-state index is 12.6. The summed E-state index contributed by atoms with van der Waals surface area (Å²) in [5.74, 6) is 0.0200. The molecule has 0 saturated carbocycles. The van der Waals surface area contributed by atoms with Crippen LogP contribution in [0.3, 0.4) is 0 Å². The lowest BCUT2D eigenvalue weighted by molar-refractivity contribution is -0.137. The minimum atomic E-state index is -4.52. The number of nitriles is 1. The highest BCUT2D eigenvalue weighted by Gasteiger charge is 2.31. The van der Waals surface area contributed by atoms with E-state index < -0.39 is 11.7 Å². The van der Waals surface area contributed by atoms with Crippen molar-refractivity contribution in [3.05, 3.63) is 53.3 Å². The van der Waals surface area contributed by atoms with Gasteiger partial charge in [-0.25, -0.2) is 0 Å². The van der Waals surface area contributed by atoms with E-state index in [4.69, 9.17) is 15.1 Å². The predicted octanol–water partition coefficient (Wildman–Crippen LogP) is 3.30. The van der Waals surface area contributed by atoms with Crippen LogP contribution in [0.5, 0.6) is 11.5 Å². The standard InChI is InChI=1S/C15H11F3N2O2/c16-15(17,18)12-6-13(9-20-8-12)22-14-2-1-10(3-4-21)5-11(14)7-19/h1-2,5-6,8-9,21H,3-4H2. The molecule has 2 aromatic rings. The molecule has 4 nitrogen and oxygen atoms in total. The third kappa shape index (κ3) is 3.74. The van der Waals surface area contributed by atoms with Crippen molar-refractivity contribution in [2.24, 2.45) is 0 Å². The van der Waals surface area contributed by atoms with Gasteiger partial charge in [-0.1, -0.05) is 6.07 Å². The van der Waals surface area contributed by atoms with Crippen molar-refractivity contribution in [2.75, 3.05) is 6.61 Å². The molecule has 1 aromatic heterocycles. The van der Waals surface area contributed by atoms with Gasteiger partial charge in [0.05, 0.1) is 17.3 Å². The molecule has 7 heteroatoms. The molecule has 2 rings (SSSR count). The summed E-state index contributed by atoms with van der Waals surface area (Å²) in [6.07, 6.45) is -2.31. The summed E-state index contributed by atoms with van der Waals surface area (Å²) in [6, 6.07) is 7.35. The van der Waals surface area contributed by atoms with Gasteiger partial charge in [0.15, 0.2) is 0 Å². The Hall–Kier alpha value is -2.59. The minimum absolute atomic E-state index is 0.0668. The quantitative estimate of drug-likeness (QED) is 0.941. The Balaban J connectivity index is 2.29. The van der Waals surface area contributed by atoms with Crippen molar-refractivity contribution in [2.45, 2.75) is 12.6 Å². The maximum absolute atomic E-state index is 12.6. The largest absolute Gasteiger partial charge is 0.454 e. The minimum Gasteiger partial charge on any atom is -0.454 e. The number of pyridine rings is 1. The maximum Gasteiger partial charge on any atom is 0.418 e. The molecule has 0 saturated heterocycles. The zero-order valence-corrected chi connectivity index (χ0v) is 11.3. The van der Waals surface area contributed by atoms with E-state index >= 15 is 0 Å². The lowest BCUT2D eigenvalue weighted by atomic mass is 10.1. The van der Waals surface area contributed by atoms with Crippen LogP contribution in [0.2, 0.25) is 0 Å². The Morgan fingerprint density at radius 3 is 2.64 bits per heavy atom. The van der Waals surface area contributed by atoms with E-state index in [1.165, 1.54) is 12.1 Å². The highest BCUT2D eigenvalue weighted by Crippen LogP contribution is 2.32. The number of aromatic nitrogens is 1. The van der Waals surface area contributed by atoms with E-state index in [0.29, 0.717) is 12.6 Å². The summed E-state index contributed by atoms with van der Waals surface area (Å²) >= 11 is 0. The predicted molar refractivity (Wildman–Crippen MR) is 71.3 cm³/mol. The van der Waals surface area contributed by atoms with Crippen LogP contribution in [-0.4, -0.2) is 16.7 Å². The highest BCUT2D eigenvalue weighted by atomic mass is 19.4. The molecule has 1 aromatic carbocycles. The summed E-state index contributed by atoms with van der Waals surface area (Å²) < 4.78 is 43.2. The molecular formula is C15H11F3N2O2. The molecule has 0 amide bonds. The Morgan fingerprint density at radius 1 is 1.23 bits per heavy atom. The molecule has 0 spiro atoms. The van der Waals surface area contributed by atoms with Crippen LogP contribution >= 0.6 is 0 Å². The Kier molecular flexibility index (Phi) is 4.63. The molecule has 0 fully saturated rings. The van der Waals surface area contributed by atoms with Crippen LogP contribution in [0.4, 0.5) is 13.2 Å². The number of rotatable bonds is 4. The molecule has 0 bridgehead atoms. The van der Waals surface area contributed by atoms with E-state index in [1.807, 2.05) is 6.07 Å². The lowest BCUT2D eigenvalue weighted by Gasteiger charge is -2.11. The first kappa shape index (κ1) is 15.8. The third-order valence-electron chi connectivity index (χ3n) is 2.83. The molecule has 0 aliphatic heterocycles. The zero-order chi connectivity index (χ0) is 16.2. The van der Waals surface area contributed by atoms with Crippen LogP contribution in [0, 0.1) is 11.3 Å². The van der Waals surface area contributed by atoms with Gasteiger partial charge >= 0.3 is 6.18 Å². The van der Waals surface area contributed by atoms with Crippen molar-refractivity contribution >= 4 is 0 Å². The summed E-state index contributed by atoms with van der Waals surface area (Å²) in [7, 11) is 0. The molecule has 0 atom stereocenters. The normalized spacial score (nSPS) is 11.0. The number of hydrogen-bond acceptors (Lipinski definition) is 4. The fourth-order valence-corrected chi connectivity index (χ4v) is 1.79. The van der Waals surface area contributed by atoms with E-state index in [0.717, 1.165) is 17.8 Å². The van der Waals surface area contributed by atoms with Gasteiger partial charge in [-0.15, -0.1) is 0 Å². The summed E-state index contributed by atoms with van der Waals surface area (Å²) in [5.41, 5.74) is -0.0302. The van der Waals surface area contributed by atoms with Crippen LogP contribution in [0.25, 0.3) is 0 Å². The second-order valence-electron chi connectivity index (χ2n) is 4.43. The van der Waals surface area contributed by atoms with Gasteiger partial charge in [0, 0.05) is 12.8 Å². The topological polar surface area (TPSA) is 66.1 Å². The molecule has 114 valence electrons. The second kappa shape index (κ2) is 6.45. The number of benzene rings is 1. The van der Waals surface area contributed by atoms with Crippen molar-refractivity contribution in [1.82, 2.24) is 4.98 Å². The molecular weight excluding hydrogens is 297 g/mol. The fourth-order valence-electron chi connectivity index (χ4n) is 1.79. The van der Waals surface area contributed by atoms with Gasteiger partial charge in [0.1, 0.15) is 17.6 Å². The molecule has 0 radical (unpaired) electrons. The average Bonchev–Trinajstić information content (AvgIpc) is 2.48. The van der Waals surface area contributed by atoms with E-state index in [9.17, 15) is 13.2 Å². The number of halogens is 3. The number of hydrogen-bond donors (Lipinski definition) is 1. The van der Waals surface area contributed by atoms with E-state index in [1.54, 1.807) is 6.07 Å². The number of alkyl halides is 3. The monoisotopic (exact) mass is 308 g/mol. The van der Waals surface area contributed by atoms with Gasteiger partial charge in [0.25, 0.3) is 0 Å². The first-order valence-electron chi connectivity index (χ1n) is 6.28. The molecule has 0 unspecified atom stereocenters. The van der Waals surface area contributed by atoms with Crippen LogP contribution in [0.15, 0.2) is 36.7 Å². The second-order valence-corrected chi connectivity index (χ2v) is 4.43. The molecule has 1 N–H and O–H groups in total. The van der Waals surface area contributed by atoms with Gasteiger partial charge in [-0.3, -0.25) is 4.98 Å². The Labute approximate surface area is 124 Å².